The van der Waals surface area contributed by atoms with E-state index in [1.54, 1.807) is 13.2 Å². The highest BCUT2D eigenvalue weighted by molar-refractivity contribution is 5.61. The minimum atomic E-state index is -0.313. The van der Waals surface area contributed by atoms with Crippen molar-refractivity contribution in [2.75, 3.05) is 12.4 Å². The first-order valence-electron chi connectivity index (χ1n) is 4.61. The number of H-pyrrole nitrogens is 1. The van der Waals surface area contributed by atoms with E-state index in [2.05, 4.69) is 20.5 Å². The number of benzene rings is 1. The molecule has 6 nitrogen and oxygen atoms in total. The van der Waals surface area contributed by atoms with Crippen LogP contribution in [-0.2, 0) is 0 Å². The number of para-hydroxylation sites is 2. The highest BCUT2D eigenvalue weighted by Gasteiger charge is 2.02. The molecule has 2 rings (SSSR count). The summed E-state index contributed by atoms with van der Waals surface area (Å²) in [6.07, 6.45) is 1.10. The zero-order chi connectivity index (χ0) is 11.4. The van der Waals surface area contributed by atoms with Gasteiger partial charge in [-0.1, -0.05) is 12.1 Å². The lowest BCUT2D eigenvalue weighted by Crippen LogP contribution is -2.10. The summed E-state index contributed by atoms with van der Waals surface area (Å²) in [7, 11) is 1.57. The Hall–Kier alpha value is -2.37. The zero-order valence-electron chi connectivity index (χ0n) is 8.60. The molecule has 0 aliphatic carbocycles. The molecule has 2 aromatic rings. The van der Waals surface area contributed by atoms with Crippen LogP contribution in [0.3, 0.4) is 0 Å². The number of hydrogen-bond donors (Lipinski definition) is 2. The zero-order valence-corrected chi connectivity index (χ0v) is 8.60. The Labute approximate surface area is 91.3 Å². The minimum absolute atomic E-state index is 0.275. The van der Waals surface area contributed by atoms with Crippen molar-refractivity contribution >= 4 is 11.6 Å². The standard InChI is InChI=1S/C10H10N4O2/c1-16-8-5-3-2-4-7(8)12-10-13-9(15)6-11-14-10/h2-6H,1H3,(H2,12,13,14,15). The van der Waals surface area contributed by atoms with E-state index in [0.717, 1.165) is 6.20 Å². The first-order valence-corrected chi connectivity index (χ1v) is 4.61. The van der Waals surface area contributed by atoms with Crippen LogP contribution in [0.1, 0.15) is 0 Å². The third-order valence-corrected chi connectivity index (χ3v) is 1.93. The van der Waals surface area contributed by atoms with Crippen molar-refractivity contribution in [3.63, 3.8) is 0 Å². The summed E-state index contributed by atoms with van der Waals surface area (Å²) in [5.41, 5.74) is 0.397. The normalized spacial score (nSPS) is 9.81. The number of rotatable bonds is 3. The number of aromatic amines is 1. The van der Waals surface area contributed by atoms with Crippen LogP contribution >= 0.6 is 0 Å². The maximum Gasteiger partial charge on any atom is 0.271 e. The topological polar surface area (TPSA) is 79.9 Å². The number of nitrogens with one attached hydrogen (secondary N) is 2. The summed E-state index contributed by atoms with van der Waals surface area (Å²) in [6.45, 7) is 0. The fourth-order valence-corrected chi connectivity index (χ4v) is 1.24. The Bertz CT molecular complexity index is 538. The van der Waals surface area contributed by atoms with E-state index >= 15 is 0 Å². The molecule has 0 amide bonds. The van der Waals surface area contributed by atoms with Crippen molar-refractivity contribution in [2.24, 2.45) is 0 Å². The van der Waals surface area contributed by atoms with Crippen molar-refractivity contribution in [2.45, 2.75) is 0 Å². The molecule has 6 heteroatoms. The van der Waals surface area contributed by atoms with Gasteiger partial charge in [-0.25, -0.2) is 0 Å². The molecule has 0 aliphatic rings. The number of anilines is 2. The number of methoxy groups -OCH3 is 1. The van der Waals surface area contributed by atoms with Crippen molar-refractivity contribution in [1.29, 1.82) is 0 Å². The molecule has 0 atom stereocenters. The van der Waals surface area contributed by atoms with Crippen LogP contribution in [0.4, 0.5) is 11.6 Å². The molecule has 0 unspecified atom stereocenters. The molecule has 0 radical (unpaired) electrons. The van der Waals surface area contributed by atoms with Crippen molar-refractivity contribution in [1.82, 2.24) is 15.2 Å². The lowest BCUT2D eigenvalue weighted by Gasteiger charge is -2.08. The Kier molecular flexibility index (Phi) is 2.81. The van der Waals surface area contributed by atoms with Gasteiger partial charge in [0.2, 0.25) is 5.95 Å². The van der Waals surface area contributed by atoms with Crippen LogP contribution in [-0.4, -0.2) is 22.3 Å². The molecule has 0 bridgehead atoms. The van der Waals surface area contributed by atoms with E-state index in [9.17, 15) is 4.79 Å². The van der Waals surface area contributed by atoms with Gasteiger partial charge in [-0.3, -0.25) is 9.78 Å². The van der Waals surface area contributed by atoms with Crippen LogP contribution in [0, 0.1) is 0 Å². The predicted octanol–water partition coefficient (Wildman–Crippen LogP) is 0.917. The number of hydrogen-bond acceptors (Lipinski definition) is 5. The number of ether oxygens (including phenoxy) is 1. The van der Waals surface area contributed by atoms with Crippen molar-refractivity contribution in [3.05, 3.63) is 40.8 Å². The van der Waals surface area contributed by atoms with Gasteiger partial charge in [-0.15, -0.1) is 10.2 Å². The van der Waals surface area contributed by atoms with Crippen molar-refractivity contribution < 1.29 is 4.74 Å². The summed E-state index contributed by atoms with van der Waals surface area (Å²) < 4.78 is 5.15. The quantitative estimate of drug-likeness (QED) is 0.800. The SMILES string of the molecule is COc1ccccc1Nc1nncc(=O)[nH]1. The van der Waals surface area contributed by atoms with E-state index in [4.69, 9.17) is 4.74 Å². The molecular formula is C10H10N4O2. The third kappa shape index (κ3) is 2.17. The van der Waals surface area contributed by atoms with Crippen LogP contribution in [0.2, 0.25) is 0 Å². The van der Waals surface area contributed by atoms with Gasteiger partial charge < -0.3 is 10.1 Å². The minimum Gasteiger partial charge on any atom is -0.495 e. The molecular weight excluding hydrogens is 208 g/mol. The van der Waals surface area contributed by atoms with Gasteiger partial charge in [0.15, 0.2) is 0 Å². The van der Waals surface area contributed by atoms with Gasteiger partial charge >= 0.3 is 0 Å². The second-order valence-corrected chi connectivity index (χ2v) is 3.01. The molecule has 16 heavy (non-hydrogen) atoms. The smallest absolute Gasteiger partial charge is 0.271 e. The summed E-state index contributed by atoms with van der Waals surface area (Å²) in [5.74, 6) is 0.936. The second kappa shape index (κ2) is 4.43. The van der Waals surface area contributed by atoms with E-state index in [1.807, 2.05) is 18.2 Å². The van der Waals surface area contributed by atoms with E-state index in [-0.39, 0.29) is 11.5 Å². The summed E-state index contributed by atoms with van der Waals surface area (Å²) in [4.78, 5) is 13.5. The molecule has 0 fully saturated rings. The van der Waals surface area contributed by atoms with Gasteiger partial charge in [0.25, 0.3) is 5.56 Å². The third-order valence-electron chi connectivity index (χ3n) is 1.93. The monoisotopic (exact) mass is 218 g/mol. The largest absolute Gasteiger partial charge is 0.495 e. The van der Waals surface area contributed by atoms with Gasteiger partial charge in [0.05, 0.1) is 12.8 Å². The van der Waals surface area contributed by atoms with Crippen LogP contribution in [0.15, 0.2) is 35.3 Å². The predicted molar refractivity (Wildman–Crippen MR) is 58.9 cm³/mol. The second-order valence-electron chi connectivity index (χ2n) is 3.01. The average molecular weight is 218 g/mol. The van der Waals surface area contributed by atoms with E-state index in [1.165, 1.54) is 0 Å². The number of nitrogens with zero attached hydrogens (tertiary/aromatic N) is 2. The van der Waals surface area contributed by atoms with E-state index < -0.39 is 0 Å². The maximum absolute atomic E-state index is 11.0. The Balaban J connectivity index is 2.30. The molecule has 1 heterocycles. The highest BCUT2D eigenvalue weighted by Crippen LogP contribution is 2.24. The Morgan fingerprint density at radius 1 is 1.38 bits per heavy atom. The molecule has 0 spiro atoms. The van der Waals surface area contributed by atoms with Crippen LogP contribution in [0.5, 0.6) is 5.75 Å². The van der Waals surface area contributed by atoms with Gasteiger partial charge in [0, 0.05) is 0 Å². The highest BCUT2D eigenvalue weighted by atomic mass is 16.5. The van der Waals surface area contributed by atoms with Crippen LogP contribution in [0.25, 0.3) is 0 Å². The number of aromatic nitrogens is 3. The molecule has 82 valence electrons. The van der Waals surface area contributed by atoms with E-state index in [0.29, 0.717) is 11.4 Å². The molecule has 2 N–H and O–H groups in total. The fraction of sp³-hybridized carbons (Fsp3) is 0.100. The molecule has 1 aromatic heterocycles. The summed E-state index contributed by atoms with van der Waals surface area (Å²) in [5, 5.41) is 10.2. The van der Waals surface area contributed by atoms with Gasteiger partial charge in [0.1, 0.15) is 11.9 Å². The van der Waals surface area contributed by atoms with Gasteiger partial charge in [-0.2, -0.15) is 0 Å². The fourth-order valence-electron chi connectivity index (χ4n) is 1.24. The summed E-state index contributed by atoms with van der Waals surface area (Å²) in [6, 6.07) is 7.31. The molecule has 0 aliphatic heterocycles. The van der Waals surface area contributed by atoms with Crippen molar-refractivity contribution in [3.8, 4) is 5.75 Å². The molecule has 0 saturated carbocycles. The van der Waals surface area contributed by atoms with Gasteiger partial charge in [-0.05, 0) is 12.1 Å². The first-order chi connectivity index (χ1) is 7.79. The maximum atomic E-state index is 11.0. The molecule has 1 aromatic carbocycles. The average Bonchev–Trinajstić information content (AvgIpc) is 2.30. The Morgan fingerprint density at radius 3 is 2.94 bits per heavy atom. The lowest BCUT2D eigenvalue weighted by atomic mass is 10.3. The Morgan fingerprint density at radius 2 is 2.19 bits per heavy atom. The first kappa shape index (κ1) is 10.2. The summed E-state index contributed by atoms with van der Waals surface area (Å²) >= 11 is 0. The molecule has 0 saturated heterocycles. The van der Waals surface area contributed by atoms with Crippen LogP contribution < -0.4 is 15.6 Å². The lowest BCUT2D eigenvalue weighted by molar-refractivity contribution is 0.417.